The average molecular weight is 201 g/mol. The van der Waals surface area contributed by atoms with Crippen LogP contribution in [0.3, 0.4) is 0 Å². The predicted octanol–water partition coefficient (Wildman–Crippen LogP) is 1.65. The summed E-state index contributed by atoms with van der Waals surface area (Å²) in [6.07, 6.45) is -0.871. The van der Waals surface area contributed by atoms with Crippen LogP contribution in [-0.4, -0.2) is 22.0 Å². The predicted molar refractivity (Wildman–Crippen MR) is 45.3 cm³/mol. The van der Waals surface area contributed by atoms with Gasteiger partial charge in [-0.1, -0.05) is 6.07 Å². The van der Waals surface area contributed by atoms with Gasteiger partial charge >= 0.3 is 11.9 Å². The molecule has 0 atom stereocenters. The van der Waals surface area contributed by atoms with E-state index >= 15 is 0 Å². The molecule has 0 radical (unpaired) electrons. The van der Waals surface area contributed by atoms with Crippen LogP contribution in [0.2, 0.25) is 0 Å². The lowest BCUT2D eigenvalue weighted by Gasteiger charge is -2.10. The molecule has 0 unspecified atom stereocenters. The Hall–Kier alpha value is -1.52. The Balaban J connectivity index is 2.83. The summed E-state index contributed by atoms with van der Waals surface area (Å²) >= 11 is 0. The van der Waals surface area contributed by atoms with E-state index in [1.807, 2.05) is 0 Å². The first kappa shape index (κ1) is 10.6. The van der Waals surface area contributed by atoms with Gasteiger partial charge in [0.25, 0.3) is 0 Å². The van der Waals surface area contributed by atoms with E-state index in [0.717, 1.165) is 0 Å². The molecule has 1 aromatic heterocycles. The molecule has 0 spiro atoms. The summed E-state index contributed by atoms with van der Waals surface area (Å²) in [4.78, 5) is 13.9. The van der Waals surface area contributed by atoms with Gasteiger partial charge in [0.05, 0.1) is 6.42 Å². The Morgan fingerprint density at radius 2 is 2.21 bits per heavy atom. The van der Waals surface area contributed by atoms with E-state index < -0.39 is 18.3 Å². The molecule has 14 heavy (non-hydrogen) atoms. The Morgan fingerprint density at radius 1 is 1.57 bits per heavy atom. The molecule has 0 aliphatic carbocycles. The Kier molecular flexibility index (Phi) is 2.78. The molecular formula is C9H9F2NO2. The number of aryl methyl sites for hydroxylation is 1. The van der Waals surface area contributed by atoms with Gasteiger partial charge in [0.2, 0.25) is 0 Å². The molecule has 0 saturated heterocycles. The lowest BCUT2D eigenvalue weighted by atomic mass is 10.1. The van der Waals surface area contributed by atoms with Crippen molar-refractivity contribution in [2.24, 2.45) is 0 Å². The molecule has 0 aromatic carbocycles. The van der Waals surface area contributed by atoms with Crippen LogP contribution in [-0.2, 0) is 11.2 Å². The number of carboxylic acid groups (broad SMARTS) is 1. The lowest BCUT2D eigenvalue weighted by molar-refractivity contribution is -0.164. The number of aromatic nitrogens is 1. The maximum Gasteiger partial charge on any atom is 0.374 e. The van der Waals surface area contributed by atoms with E-state index in [9.17, 15) is 13.6 Å². The molecule has 0 aliphatic heterocycles. The Morgan fingerprint density at radius 3 is 2.71 bits per heavy atom. The third-order valence-corrected chi connectivity index (χ3v) is 1.66. The van der Waals surface area contributed by atoms with Crippen molar-refractivity contribution in [3.63, 3.8) is 0 Å². The van der Waals surface area contributed by atoms with Crippen LogP contribution in [0.4, 0.5) is 8.78 Å². The molecule has 0 aliphatic rings. The van der Waals surface area contributed by atoms with Crippen molar-refractivity contribution in [2.75, 3.05) is 0 Å². The highest BCUT2D eigenvalue weighted by Gasteiger charge is 2.39. The van der Waals surface area contributed by atoms with Crippen molar-refractivity contribution in [1.82, 2.24) is 4.98 Å². The van der Waals surface area contributed by atoms with E-state index in [0.29, 0.717) is 5.69 Å². The third kappa shape index (κ3) is 2.48. The van der Waals surface area contributed by atoms with Crippen LogP contribution < -0.4 is 0 Å². The average Bonchev–Trinajstić information content (AvgIpc) is 2.02. The van der Waals surface area contributed by atoms with E-state index in [-0.39, 0.29) is 5.69 Å². The van der Waals surface area contributed by atoms with Crippen LogP contribution in [0.25, 0.3) is 0 Å². The van der Waals surface area contributed by atoms with Crippen LogP contribution >= 0.6 is 0 Å². The molecular weight excluding hydrogens is 192 g/mol. The van der Waals surface area contributed by atoms with Crippen LogP contribution in [0.15, 0.2) is 18.2 Å². The number of hydrogen-bond acceptors (Lipinski definition) is 2. The topological polar surface area (TPSA) is 50.2 Å². The molecule has 1 N–H and O–H groups in total. The van der Waals surface area contributed by atoms with Crippen molar-refractivity contribution in [3.8, 4) is 0 Å². The first-order valence-corrected chi connectivity index (χ1v) is 3.95. The zero-order chi connectivity index (χ0) is 10.8. The number of carboxylic acids is 1. The number of pyridine rings is 1. The minimum Gasteiger partial charge on any atom is -0.477 e. The largest absolute Gasteiger partial charge is 0.477 e. The number of carbonyl (C=O) groups is 1. The molecule has 0 bridgehead atoms. The van der Waals surface area contributed by atoms with Crippen molar-refractivity contribution >= 4 is 5.97 Å². The van der Waals surface area contributed by atoms with Crippen molar-refractivity contribution in [1.29, 1.82) is 0 Å². The van der Waals surface area contributed by atoms with Crippen LogP contribution in [0, 0.1) is 6.92 Å². The van der Waals surface area contributed by atoms with E-state index in [1.54, 1.807) is 19.1 Å². The molecule has 76 valence electrons. The monoisotopic (exact) mass is 201 g/mol. The zero-order valence-electron chi connectivity index (χ0n) is 7.50. The lowest BCUT2D eigenvalue weighted by Crippen LogP contribution is -2.31. The number of aliphatic carboxylic acids is 1. The molecule has 1 heterocycles. The minimum absolute atomic E-state index is 0.0809. The molecule has 1 aromatic rings. The highest BCUT2D eigenvalue weighted by Crippen LogP contribution is 2.19. The smallest absolute Gasteiger partial charge is 0.374 e. The van der Waals surface area contributed by atoms with Gasteiger partial charge in [0, 0.05) is 11.4 Å². The van der Waals surface area contributed by atoms with Gasteiger partial charge in [-0.2, -0.15) is 8.78 Å². The van der Waals surface area contributed by atoms with Gasteiger partial charge in [0.1, 0.15) is 0 Å². The maximum absolute atomic E-state index is 12.7. The van der Waals surface area contributed by atoms with Crippen molar-refractivity contribution in [2.45, 2.75) is 19.3 Å². The van der Waals surface area contributed by atoms with Gasteiger partial charge in [-0.15, -0.1) is 0 Å². The summed E-state index contributed by atoms with van der Waals surface area (Å²) < 4.78 is 25.4. The fourth-order valence-corrected chi connectivity index (χ4v) is 1.00. The molecule has 1 rings (SSSR count). The second-order valence-electron chi connectivity index (χ2n) is 2.96. The molecule has 0 amide bonds. The maximum atomic E-state index is 12.7. The first-order chi connectivity index (χ1) is 6.42. The number of rotatable bonds is 3. The third-order valence-electron chi connectivity index (χ3n) is 1.66. The van der Waals surface area contributed by atoms with E-state index in [2.05, 4.69) is 4.98 Å². The second-order valence-corrected chi connectivity index (χ2v) is 2.96. The minimum atomic E-state index is -3.75. The van der Waals surface area contributed by atoms with Crippen LogP contribution in [0.5, 0.6) is 0 Å². The molecule has 3 nitrogen and oxygen atoms in total. The van der Waals surface area contributed by atoms with Gasteiger partial charge in [-0.25, -0.2) is 4.79 Å². The summed E-state index contributed by atoms with van der Waals surface area (Å²) in [5.41, 5.74) is 0.668. The Labute approximate surface area is 79.4 Å². The highest BCUT2D eigenvalue weighted by molar-refractivity contribution is 5.75. The summed E-state index contributed by atoms with van der Waals surface area (Å²) in [7, 11) is 0. The number of alkyl halides is 2. The van der Waals surface area contributed by atoms with Crippen molar-refractivity contribution < 1.29 is 18.7 Å². The van der Waals surface area contributed by atoms with Gasteiger partial charge in [0.15, 0.2) is 0 Å². The molecule has 0 fully saturated rings. The van der Waals surface area contributed by atoms with Gasteiger partial charge in [-0.05, 0) is 19.1 Å². The number of hydrogen-bond donors (Lipinski definition) is 1. The summed E-state index contributed by atoms with van der Waals surface area (Å²) in [6, 6.07) is 4.60. The first-order valence-electron chi connectivity index (χ1n) is 3.95. The Bertz CT molecular complexity index is 352. The van der Waals surface area contributed by atoms with Gasteiger partial charge in [-0.3, -0.25) is 4.98 Å². The van der Waals surface area contributed by atoms with E-state index in [1.165, 1.54) is 6.07 Å². The van der Waals surface area contributed by atoms with E-state index in [4.69, 9.17) is 5.11 Å². The number of nitrogens with zero attached hydrogens (tertiary/aromatic N) is 1. The summed E-state index contributed by atoms with van der Waals surface area (Å²) in [6.45, 7) is 1.66. The SMILES string of the molecule is Cc1cccc(CC(F)(F)C(=O)O)n1. The molecule has 0 saturated carbocycles. The standard InChI is InChI=1S/C9H9F2NO2/c1-6-3-2-4-7(12-6)5-9(10,11)8(13)14/h2-4H,5H2,1H3,(H,13,14). The fraction of sp³-hybridized carbons (Fsp3) is 0.333. The summed E-state index contributed by atoms with van der Waals surface area (Å²) in [5, 5.41) is 8.19. The molecule has 5 heteroatoms. The zero-order valence-corrected chi connectivity index (χ0v) is 7.50. The normalized spacial score (nSPS) is 11.4. The van der Waals surface area contributed by atoms with Crippen LogP contribution in [0.1, 0.15) is 11.4 Å². The van der Waals surface area contributed by atoms with Crippen molar-refractivity contribution in [3.05, 3.63) is 29.6 Å². The fourth-order valence-electron chi connectivity index (χ4n) is 1.00. The highest BCUT2D eigenvalue weighted by atomic mass is 19.3. The quantitative estimate of drug-likeness (QED) is 0.808. The number of halogens is 2. The second kappa shape index (κ2) is 3.69. The summed E-state index contributed by atoms with van der Waals surface area (Å²) in [5.74, 6) is -5.87. The van der Waals surface area contributed by atoms with Gasteiger partial charge < -0.3 is 5.11 Å².